The minimum atomic E-state index is -0.299. The molecule has 164 valence electrons. The first-order valence-corrected chi connectivity index (χ1v) is 11.2. The Bertz CT molecular complexity index is 836. The maximum absolute atomic E-state index is 12.7. The number of ether oxygens (including phenoxy) is 2. The number of methoxy groups -OCH3 is 1. The Balaban J connectivity index is 1.66. The number of morpholine rings is 1. The van der Waals surface area contributed by atoms with Gasteiger partial charge in [0.05, 0.1) is 25.6 Å². The number of carbonyl (C=O) groups excluding carboxylic acids is 1. The van der Waals surface area contributed by atoms with Crippen LogP contribution in [0.4, 0.5) is 5.95 Å². The summed E-state index contributed by atoms with van der Waals surface area (Å²) >= 11 is 1.44. The summed E-state index contributed by atoms with van der Waals surface area (Å²) in [4.78, 5) is 14.9. The number of benzene rings is 1. The lowest BCUT2D eigenvalue weighted by Gasteiger charge is -2.28. The molecule has 1 fully saturated rings. The van der Waals surface area contributed by atoms with Crippen molar-refractivity contribution in [3.63, 3.8) is 0 Å². The number of nitrogens with one attached hydrogen (secondary N) is 1. The predicted molar refractivity (Wildman–Crippen MR) is 118 cm³/mol. The molecule has 1 amide bonds. The van der Waals surface area contributed by atoms with Gasteiger partial charge in [-0.25, -0.2) is 0 Å². The van der Waals surface area contributed by atoms with Gasteiger partial charge >= 0.3 is 0 Å². The molecule has 1 saturated heterocycles. The highest BCUT2D eigenvalue weighted by molar-refractivity contribution is 8.00. The number of amides is 1. The van der Waals surface area contributed by atoms with Gasteiger partial charge in [0.1, 0.15) is 5.75 Å². The van der Waals surface area contributed by atoms with Crippen molar-refractivity contribution in [1.29, 1.82) is 0 Å². The van der Waals surface area contributed by atoms with E-state index in [1.165, 1.54) is 11.8 Å². The second kappa shape index (κ2) is 10.7. The van der Waals surface area contributed by atoms with Crippen molar-refractivity contribution >= 4 is 23.6 Å². The fraction of sp³-hybridized carbons (Fsp3) is 0.571. The lowest BCUT2D eigenvalue weighted by atomic mass is 10.2. The molecule has 1 aromatic heterocycles. The molecule has 30 heavy (non-hydrogen) atoms. The first-order chi connectivity index (χ1) is 14.5. The second-order valence-electron chi connectivity index (χ2n) is 7.68. The third-order valence-electron chi connectivity index (χ3n) is 4.84. The van der Waals surface area contributed by atoms with Crippen LogP contribution in [-0.4, -0.2) is 59.3 Å². The van der Waals surface area contributed by atoms with Gasteiger partial charge in [0.25, 0.3) is 0 Å². The Morgan fingerprint density at radius 2 is 1.97 bits per heavy atom. The molecular formula is C21H31N5O3S. The van der Waals surface area contributed by atoms with Crippen molar-refractivity contribution in [3.05, 3.63) is 29.8 Å². The zero-order valence-corrected chi connectivity index (χ0v) is 18.9. The molecule has 0 spiro atoms. The molecule has 3 rings (SSSR count). The van der Waals surface area contributed by atoms with Gasteiger partial charge in [-0.2, -0.15) is 0 Å². The average molecular weight is 434 g/mol. The molecule has 1 aliphatic rings. The molecule has 1 atom stereocenters. The summed E-state index contributed by atoms with van der Waals surface area (Å²) in [5.74, 6) is 2.02. The van der Waals surface area contributed by atoms with Crippen LogP contribution in [0.1, 0.15) is 26.3 Å². The molecule has 1 aliphatic heterocycles. The molecular weight excluding hydrogens is 402 g/mol. The van der Waals surface area contributed by atoms with Crippen LogP contribution in [0.5, 0.6) is 5.75 Å². The van der Waals surface area contributed by atoms with Crippen LogP contribution in [0.15, 0.2) is 29.4 Å². The van der Waals surface area contributed by atoms with E-state index in [-0.39, 0.29) is 11.2 Å². The number of para-hydroxylation sites is 1. The first kappa shape index (κ1) is 22.4. The molecule has 2 aromatic rings. The van der Waals surface area contributed by atoms with Crippen molar-refractivity contribution in [2.45, 2.75) is 44.3 Å². The number of hydrogen-bond donors (Lipinski definition) is 1. The number of thioether (sulfide) groups is 1. The predicted octanol–water partition coefficient (Wildman–Crippen LogP) is 2.58. The molecule has 1 N–H and O–H groups in total. The summed E-state index contributed by atoms with van der Waals surface area (Å²) in [5.41, 5.74) is 0.947. The van der Waals surface area contributed by atoms with Crippen LogP contribution in [0, 0.1) is 5.92 Å². The van der Waals surface area contributed by atoms with E-state index in [0.29, 0.717) is 25.7 Å². The van der Waals surface area contributed by atoms with E-state index in [2.05, 4.69) is 38.8 Å². The lowest BCUT2D eigenvalue weighted by Crippen LogP contribution is -2.38. The van der Waals surface area contributed by atoms with E-state index in [9.17, 15) is 4.79 Å². The quantitative estimate of drug-likeness (QED) is 0.609. The zero-order chi connectivity index (χ0) is 21.5. The van der Waals surface area contributed by atoms with Crippen LogP contribution in [0.3, 0.4) is 0 Å². The van der Waals surface area contributed by atoms with Crippen LogP contribution in [0.25, 0.3) is 0 Å². The lowest BCUT2D eigenvalue weighted by molar-refractivity contribution is -0.120. The third-order valence-corrected chi connectivity index (χ3v) is 5.92. The number of hydrogen-bond acceptors (Lipinski definition) is 7. The molecule has 2 heterocycles. The summed E-state index contributed by atoms with van der Waals surface area (Å²) in [6.45, 7) is 10.4. The fourth-order valence-corrected chi connectivity index (χ4v) is 4.16. The van der Waals surface area contributed by atoms with E-state index in [1.807, 2.05) is 31.2 Å². The monoisotopic (exact) mass is 433 g/mol. The smallest absolute Gasteiger partial charge is 0.233 e. The van der Waals surface area contributed by atoms with Crippen molar-refractivity contribution in [3.8, 4) is 5.75 Å². The maximum atomic E-state index is 12.7. The van der Waals surface area contributed by atoms with Crippen LogP contribution in [-0.2, 0) is 22.6 Å². The summed E-state index contributed by atoms with van der Waals surface area (Å²) < 4.78 is 12.9. The number of anilines is 1. The number of nitrogens with zero attached hydrogens (tertiary/aromatic N) is 4. The highest BCUT2D eigenvalue weighted by Crippen LogP contribution is 2.27. The summed E-state index contributed by atoms with van der Waals surface area (Å²) in [6.07, 6.45) is 0. The molecule has 0 aliphatic carbocycles. The number of rotatable bonds is 9. The Morgan fingerprint density at radius 1 is 1.23 bits per heavy atom. The topological polar surface area (TPSA) is 81.5 Å². The van der Waals surface area contributed by atoms with Gasteiger partial charge in [0.2, 0.25) is 11.9 Å². The van der Waals surface area contributed by atoms with Crippen molar-refractivity contribution in [2.75, 3.05) is 38.3 Å². The zero-order valence-electron chi connectivity index (χ0n) is 18.1. The molecule has 8 nitrogen and oxygen atoms in total. The largest absolute Gasteiger partial charge is 0.496 e. The first-order valence-electron chi connectivity index (χ1n) is 10.3. The Hall–Kier alpha value is -2.26. The molecule has 0 saturated carbocycles. The SMILES string of the molecule is COc1ccccc1CNC(=O)C(C)Sc1nnc(N2CCOCC2)n1CC(C)C. The standard InChI is InChI=1S/C21H31N5O3S/c1-15(2)14-26-20(25-9-11-29-12-10-25)23-24-21(26)30-16(3)19(27)22-13-17-7-5-6-8-18(17)28-4/h5-8,15-16H,9-14H2,1-4H3,(H,22,27). The van der Waals surface area contributed by atoms with Crippen molar-refractivity contribution in [1.82, 2.24) is 20.1 Å². The Labute approximate surface area is 182 Å². The second-order valence-corrected chi connectivity index (χ2v) is 8.98. The van der Waals surface area contributed by atoms with Crippen LogP contribution < -0.4 is 15.0 Å². The molecule has 0 radical (unpaired) electrons. The van der Waals surface area contributed by atoms with Gasteiger partial charge in [-0.15, -0.1) is 10.2 Å². The molecule has 1 unspecified atom stereocenters. The highest BCUT2D eigenvalue weighted by Gasteiger charge is 2.24. The van der Waals surface area contributed by atoms with Crippen molar-refractivity contribution < 1.29 is 14.3 Å². The number of carbonyl (C=O) groups is 1. The normalized spacial score (nSPS) is 15.3. The number of aromatic nitrogens is 3. The average Bonchev–Trinajstić information content (AvgIpc) is 3.14. The molecule has 1 aromatic carbocycles. The van der Waals surface area contributed by atoms with Gasteiger partial charge in [-0.05, 0) is 18.9 Å². The molecule has 0 bridgehead atoms. The Kier molecular flexibility index (Phi) is 7.98. The van der Waals surface area contributed by atoms with E-state index < -0.39 is 0 Å². The minimum Gasteiger partial charge on any atom is -0.496 e. The van der Waals surface area contributed by atoms with Crippen molar-refractivity contribution in [2.24, 2.45) is 5.92 Å². The van der Waals surface area contributed by atoms with Gasteiger partial charge in [-0.1, -0.05) is 43.8 Å². The van der Waals surface area contributed by atoms with E-state index in [1.54, 1.807) is 7.11 Å². The Morgan fingerprint density at radius 3 is 2.67 bits per heavy atom. The van der Waals surface area contributed by atoms with Crippen LogP contribution in [0.2, 0.25) is 0 Å². The fourth-order valence-electron chi connectivity index (χ4n) is 3.28. The summed E-state index contributed by atoms with van der Waals surface area (Å²) in [6, 6.07) is 7.69. The van der Waals surface area contributed by atoms with E-state index >= 15 is 0 Å². The minimum absolute atomic E-state index is 0.0436. The molecule has 9 heteroatoms. The van der Waals surface area contributed by atoms with E-state index in [0.717, 1.165) is 42.1 Å². The summed E-state index contributed by atoms with van der Waals surface area (Å²) in [7, 11) is 1.63. The maximum Gasteiger partial charge on any atom is 0.233 e. The van der Waals surface area contributed by atoms with Gasteiger partial charge in [0, 0.05) is 31.7 Å². The third kappa shape index (κ3) is 5.66. The highest BCUT2D eigenvalue weighted by atomic mass is 32.2. The van der Waals surface area contributed by atoms with Gasteiger partial charge in [-0.3, -0.25) is 9.36 Å². The van der Waals surface area contributed by atoms with Gasteiger partial charge in [0.15, 0.2) is 5.16 Å². The van der Waals surface area contributed by atoms with Crippen LogP contribution >= 0.6 is 11.8 Å². The van der Waals surface area contributed by atoms with E-state index in [4.69, 9.17) is 9.47 Å². The summed E-state index contributed by atoms with van der Waals surface area (Å²) in [5, 5.41) is 12.3. The van der Waals surface area contributed by atoms with Gasteiger partial charge < -0.3 is 19.7 Å².